The van der Waals surface area contributed by atoms with Crippen molar-refractivity contribution in [2.75, 3.05) is 13.1 Å². The fourth-order valence-corrected chi connectivity index (χ4v) is 0.0645. The fraction of sp³-hybridized carbons (Fsp3) is 1.00. The molecule has 4 heteroatoms. The van der Waals surface area contributed by atoms with E-state index in [0.29, 0.717) is 13.1 Å². The van der Waals surface area contributed by atoms with Crippen LogP contribution in [0.2, 0.25) is 0 Å². The Morgan fingerprint density at radius 1 is 1.67 bits per heavy atom. The van der Waals surface area contributed by atoms with Gasteiger partial charge in [0.05, 0.1) is 0 Å². The Bertz CT molecular complexity index is 19.0. The second-order valence-corrected chi connectivity index (χ2v) is 0.697. The van der Waals surface area contributed by atoms with E-state index in [0.717, 1.165) is 0 Å². The van der Waals surface area contributed by atoms with Crippen LogP contribution >= 0.6 is 0 Å². The van der Waals surface area contributed by atoms with Crippen LogP contribution in [0.1, 0.15) is 0 Å². The van der Waals surface area contributed by atoms with Crippen LogP contribution in [0.4, 0.5) is 0 Å². The fourth-order valence-electron chi connectivity index (χ4n) is 0.0645. The Balaban J connectivity index is 0. The second kappa shape index (κ2) is 9.09. The van der Waals surface area contributed by atoms with E-state index in [1.54, 1.807) is 0 Å². The third-order valence-electron chi connectivity index (χ3n) is 0.256. The third-order valence-corrected chi connectivity index (χ3v) is 0.256. The van der Waals surface area contributed by atoms with Crippen molar-refractivity contribution >= 4 is 0 Å². The Morgan fingerprint density at radius 3 is 2.17 bits per heavy atom. The molecule has 0 spiro atoms. The normalized spacial score (nSPS) is 7.00. The van der Waals surface area contributed by atoms with Gasteiger partial charge in [0.2, 0.25) is 0 Å². The molecule has 0 unspecified atom stereocenters. The minimum atomic E-state index is 0. The van der Waals surface area contributed by atoms with Gasteiger partial charge in [0.1, 0.15) is 0 Å². The van der Waals surface area contributed by atoms with Crippen molar-refractivity contribution in [3.05, 3.63) is 0 Å². The van der Waals surface area contributed by atoms with Crippen LogP contribution in [0.25, 0.3) is 0 Å². The average molecular weight is 141 g/mol. The summed E-state index contributed by atoms with van der Waals surface area (Å²) in [6.07, 6.45) is 0. The molecule has 0 saturated heterocycles. The van der Waals surface area contributed by atoms with Crippen LogP contribution < -0.4 is 11.2 Å². The molecular weight excluding hydrogens is 133 g/mol. The molecule has 0 aromatic heterocycles. The monoisotopic (exact) mass is 140 g/mol. The van der Waals surface area contributed by atoms with E-state index >= 15 is 0 Å². The summed E-state index contributed by atoms with van der Waals surface area (Å²) in [7, 11) is 0. The molecule has 0 aliphatic carbocycles. The molecular formula is C2H8N2OZn. The van der Waals surface area contributed by atoms with Crippen LogP contribution in [-0.4, -0.2) is 18.3 Å². The van der Waals surface area contributed by atoms with Crippen molar-refractivity contribution in [1.29, 1.82) is 0 Å². The van der Waals surface area contributed by atoms with Crippen molar-refractivity contribution < 1.29 is 24.7 Å². The molecule has 0 saturated carbocycles. The number of hydroxylamine groups is 1. The van der Waals surface area contributed by atoms with Crippen molar-refractivity contribution in [1.82, 2.24) is 5.48 Å². The molecule has 4 N–H and O–H groups in total. The number of hydrogen-bond donors (Lipinski definition) is 3. The maximum absolute atomic E-state index is 7.74. The van der Waals surface area contributed by atoms with Gasteiger partial charge in [0.15, 0.2) is 0 Å². The SMILES string of the molecule is NCCNO.[Zn]. The largest absolute Gasteiger partial charge is 0.329 e. The van der Waals surface area contributed by atoms with Gasteiger partial charge in [0, 0.05) is 32.6 Å². The molecule has 0 fully saturated rings. The Morgan fingerprint density at radius 2 is 2.17 bits per heavy atom. The third kappa shape index (κ3) is 8.82. The molecule has 0 aliphatic rings. The smallest absolute Gasteiger partial charge is 0.0330 e. The maximum Gasteiger partial charge on any atom is 0.0330 e. The van der Waals surface area contributed by atoms with Gasteiger partial charge in [-0.1, -0.05) is 0 Å². The number of hydrogen-bond acceptors (Lipinski definition) is 3. The van der Waals surface area contributed by atoms with Crippen molar-refractivity contribution in [3.63, 3.8) is 0 Å². The number of rotatable bonds is 2. The minimum Gasteiger partial charge on any atom is -0.329 e. The summed E-state index contributed by atoms with van der Waals surface area (Å²) >= 11 is 0. The molecule has 0 heterocycles. The standard InChI is InChI=1S/C2H8N2O.Zn/c3-1-2-4-5;/h4-5H,1-3H2;. The Kier molecular flexibility index (Phi) is 14.7. The van der Waals surface area contributed by atoms with Crippen LogP contribution in [0.3, 0.4) is 0 Å². The first-order chi connectivity index (χ1) is 2.41. The summed E-state index contributed by atoms with van der Waals surface area (Å²) in [5, 5.41) is 7.74. The van der Waals surface area contributed by atoms with Gasteiger partial charge in [-0.25, -0.2) is 5.48 Å². The van der Waals surface area contributed by atoms with Gasteiger partial charge in [-0.3, -0.25) is 0 Å². The molecule has 0 aromatic carbocycles. The average Bonchev–Trinajstić information content (AvgIpc) is 1.41. The summed E-state index contributed by atoms with van der Waals surface area (Å²) in [5.74, 6) is 0. The zero-order chi connectivity index (χ0) is 4.12. The van der Waals surface area contributed by atoms with Crippen LogP contribution in [-0.2, 0) is 19.5 Å². The van der Waals surface area contributed by atoms with Crippen molar-refractivity contribution in [2.24, 2.45) is 5.73 Å². The van der Waals surface area contributed by atoms with Crippen LogP contribution in [0, 0.1) is 0 Å². The van der Waals surface area contributed by atoms with Crippen LogP contribution in [0.5, 0.6) is 0 Å². The maximum atomic E-state index is 7.74. The van der Waals surface area contributed by atoms with Gasteiger partial charge >= 0.3 is 0 Å². The predicted octanol–water partition coefficient (Wildman–Crippen LogP) is -1.08. The van der Waals surface area contributed by atoms with Crippen molar-refractivity contribution in [2.45, 2.75) is 0 Å². The first-order valence-electron chi connectivity index (χ1n) is 1.49. The van der Waals surface area contributed by atoms with E-state index < -0.39 is 0 Å². The van der Waals surface area contributed by atoms with E-state index in [9.17, 15) is 0 Å². The molecule has 0 amide bonds. The first kappa shape index (κ1) is 9.71. The molecule has 0 bridgehead atoms. The molecule has 0 aromatic rings. The van der Waals surface area contributed by atoms with Crippen molar-refractivity contribution in [3.8, 4) is 0 Å². The molecule has 0 rings (SSSR count). The van der Waals surface area contributed by atoms with Gasteiger partial charge in [0.25, 0.3) is 0 Å². The topological polar surface area (TPSA) is 58.3 Å². The quantitative estimate of drug-likeness (QED) is 0.339. The van der Waals surface area contributed by atoms with E-state index in [-0.39, 0.29) is 19.5 Å². The molecule has 6 heavy (non-hydrogen) atoms. The molecule has 3 nitrogen and oxygen atoms in total. The zero-order valence-corrected chi connectivity index (χ0v) is 6.61. The summed E-state index contributed by atoms with van der Waals surface area (Å²) < 4.78 is 0. The first-order valence-corrected chi connectivity index (χ1v) is 1.49. The summed E-state index contributed by atoms with van der Waals surface area (Å²) in [4.78, 5) is 0. The molecule has 0 radical (unpaired) electrons. The van der Waals surface area contributed by atoms with Gasteiger partial charge in [-0.15, -0.1) is 0 Å². The van der Waals surface area contributed by atoms with E-state index in [4.69, 9.17) is 10.9 Å². The van der Waals surface area contributed by atoms with Gasteiger partial charge < -0.3 is 10.9 Å². The van der Waals surface area contributed by atoms with E-state index in [2.05, 4.69) is 0 Å². The Labute approximate surface area is 49.6 Å². The Hall–Kier alpha value is 0.503. The zero-order valence-electron chi connectivity index (χ0n) is 3.65. The minimum absolute atomic E-state index is 0. The summed E-state index contributed by atoms with van der Waals surface area (Å²) in [6.45, 7) is 0.955. The summed E-state index contributed by atoms with van der Waals surface area (Å²) in [5.41, 5.74) is 6.81. The number of nitrogens with one attached hydrogen (secondary N) is 1. The van der Waals surface area contributed by atoms with E-state index in [1.165, 1.54) is 0 Å². The van der Waals surface area contributed by atoms with Gasteiger partial charge in [-0.2, -0.15) is 0 Å². The van der Waals surface area contributed by atoms with E-state index in [1.807, 2.05) is 5.48 Å². The van der Waals surface area contributed by atoms with Crippen LogP contribution in [0.15, 0.2) is 0 Å². The second-order valence-electron chi connectivity index (χ2n) is 0.697. The molecule has 0 atom stereocenters. The van der Waals surface area contributed by atoms with Gasteiger partial charge in [-0.05, 0) is 0 Å². The number of nitrogens with two attached hydrogens (primary N) is 1. The molecule has 34 valence electrons. The predicted molar refractivity (Wildman–Crippen MR) is 18.8 cm³/mol. The summed E-state index contributed by atoms with van der Waals surface area (Å²) in [6, 6.07) is 0. The molecule has 0 aliphatic heterocycles.